The minimum Gasteiger partial charge on any atom is -0.449 e. The minimum atomic E-state index is -3.15. The van der Waals surface area contributed by atoms with E-state index in [0.717, 1.165) is 6.26 Å². The molecule has 0 fully saturated rings. The fraction of sp³-hybridized carbons (Fsp3) is 0.389. The van der Waals surface area contributed by atoms with E-state index < -0.39 is 27.8 Å². The summed E-state index contributed by atoms with van der Waals surface area (Å²) in [6.07, 6.45) is 1.70. The molecule has 0 bridgehead atoms. The first-order valence-electron chi connectivity index (χ1n) is 8.39. The van der Waals surface area contributed by atoms with Crippen molar-refractivity contribution in [1.82, 2.24) is 9.78 Å². The van der Waals surface area contributed by atoms with Gasteiger partial charge in [0.1, 0.15) is 5.82 Å². The smallest absolute Gasteiger partial charge is 0.338 e. The van der Waals surface area contributed by atoms with Gasteiger partial charge in [0.25, 0.3) is 5.91 Å². The SMILES string of the molecule is CC(OC(=O)c1ccc(CS(C)(=O)=O)cc1)C(=O)Nc1ccnn1C(C)C. The van der Waals surface area contributed by atoms with Gasteiger partial charge in [-0.1, -0.05) is 12.1 Å². The second-order valence-corrected chi connectivity index (χ2v) is 8.70. The van der Waals surface area contributed by atoms with Gasteiger partial charge in [0.05, 0.1) is 17.5 Å². The lowest BCUT2D eigenvalue weighted by atomic mass is 10.1. The van der Waals surface area contributed by atoms with Gasteiger partial charge in [0.15, 0.2) is 15.9 Å². The van der Waals surface area contributed by atoms with Crippen LogP contribution < -0.4 is 5.32 Å². The van der Waals surface area contributed by atoms with E-state index in [1.165, 1.54) is 19.1 Å². The molecule has 1 amide bonds. The first-order chi connectivity index (χ1) is 12.6. The number of hydrogen-bond acceptors (Lipinski definition) is 6. The third-order valence-corrected chi connectivity index (χ3v) is 4.54. The van der Waals surface area contributed by atoms with Gasteiger partial charge in [-0.15, -0.1) is 0 Å². The van der Waals surface area contributed by atoms with E-state index in [-0.39, 0.29) is 17.4 Å². The van der Waals surface area contributed by atoms with E-state index in [0.29, 0.717) is 11.4 Å². The zero-order chi connectivity index (χ0) is 20.2. The highest BCUT2D eigenvalue weighted by molar-refractivity contribution is 7.89. The summed E-state index contributed by atoms with van der Waals surface area (Å²) in [4.78, 5) is 24.5. The molecular weight excluding hydrogens is 370 g/mol. The Morgan fingerprint density at radius 3 is 2.33 bits per heavy atom. The zero-order valence-electron chi connectivity index (χ0n) is 15.7. The van der Waals surface area contributed by atoms with Gasteiger partial charge in [-0.25, -0.2) is 17.9 Å². The summed E-state index contributed by atoms with van der Waals surface area (Å²) >= 11 is 0. The number of hydrogen-bond donors (Lipinski definition) is 1. The number of aromatic nitrogens is 2. The summed E-state index contributed by atoms with van der Waals surface area (Å²) in [5.74, 6) is -0.728. The van der Waals surface area contributed by atoms with E-state index in [4.69, 9.17) is 4.74 Å². The number of anilines is 1. The van der Waals surface area contributed by atoms with Crippen LogP contribution >= 0.6 is 0 Å². The van der Waals surface area contributed by atoms with Crippen LogP contribution in [0.25, 0.3) is 0 Å². The molecule has 8 nitrogen and oxygen atoms in total. The predicted molar refractivity (Wildman–Crippen MR) is 101 cm³/mol. The third kappa shape index (κ3) is 5.92. The molecule has 0 aliphatic heterocycles. The average Bonchev–Trinajstić information content (AvgIpc) is 3.02. The molecule has 2 rings (SSSR count). The van der Waals surface area contributed by atoms with Gasteiger partial charge in [-0.05, 0) is 38.5 Å². The number of nitrogens with one attached hydrogen (secondary N) is 1. The van der Waals surface area contributed by atoms with Crippen molar-refractivity contribution in [2.75, 3.05) is 11.6 Å². The van der Waals surface area contributed by atoms with E-state index in [1.807, 2.05) is 13.8 Å². The van der Waals surface area contributed by atoms with Gasteiger partial charge in [-0.3, -0.25) is 4.79 Å². The maximum absolute atomic E-state index is 12.3. The second kappa shape index (κ2) is 8.34. The number of amides is 1. The molecule has 0 radical (unpaired) electrons. The van der Waals surface area contributed by atoms with Gasteiger partial charge in [0, 0.05) is 18.4 Å². The lowest BCUT2D eigenvalue weighted by molar-refractivity contribution is -0.123. The number of benzene rings is 1. The average molecular weight is 393 g/mol. The molecule has 0 spiro atoms. The van der Waals surface area contributed by atoms with Crippen molar-refractivity contribution in [3.8, 4) is 0 Å². The van der Waals surface area contributed by atoms with Crippen LogP contribution in [-0.2, 0) is 25.1 Å². The summed E-state index contributed by atoms with van der Waals surface area (Å²) in [7, 11) is -3.15. The predicted octanol–water partition coefficient (Wildman–Crippen LogP) is 2.19. The van der Waals surface area contributed by atoms with E-state index in [1.54, 1.807) is 29.1 Å². The molecular formula is C18H23N3O5S. The topological polar surface area (TPSA) is 107 Å². The molecule has 9 heteroatoms. The Morgan fingerprint density at radius 1 is 1.15 bits per heavy atom. The Morgan fingerprint density at radius 2 is 1.78 bits per heavy atom. The Bertz CT molecular complexity index is 917. The second-order valence-electron chi connectivity index (χ2n) is 6.56. The number of ether oxygens (including phenoxy) is 1. The molecule has 0 saturated carbocycles. The molecule has 1 unspecified atom stereocenters. The zero-order valence-corrected chi connectivity index (χ0v) is 16.5. The summed E-state index contributed by atoms with van der Waals surface area (Å²) in [5, 5.41) is 6.80. The van der Waals surface area contributed by atoms with Crippen molar-refractivity contribution in [3.05, 3.63) is 47.7 Å². The highest BCUT2D eigenvalue weighted by atomic mass is 32.2. The number of rotatable bonds is 7. The molecule has 0 aliphatic rings. The normalized spacial score (nSPS) is 12.6. The van der Waals surface area contributed by atoms with E-state index in [2.05, 4.69) is 10.4 Å². The lowest BCUT2D eigenvalue weighted by Gasteiger charge is -2.15. The summed E-state index contributed by atoms with van der Waals surface area (Å²) in [5.41, 5.74) is 0.806. The molecule has 146 valence electrons. The maximum atomic E-state index is 12.3. The van der Waals surface area contributed by atoms with Crippen molar-refractivity contribution < 1.29 is 22.7 Å². The first-order valence-corrected chi connectivity index (χ1v) is 10.4. The standard InChI is InChI=1S/C18H23N3O5S/c1-12(2)21-16(9-10-19-21)20-17(22)13(3)26-18(23)15-7-5-14(6-8-15)11-27(4,24)25/h5-10,12-13H,11H2,1-4H3,(H,20,22). The van der Waals surface area contributed by atoms with Crippen molar-refractivity contribution in [2.45, 2.75) is 38.7 Å². The van der Waals surface area contributed by atoms with E-state index in [9.17, 15) is 18.0 Å². The van der Waals surface area contributed by atoms with Crippen molar-refractivity contribution in [3.63, 3.8) is 0 Å². The summed E-state index contributed by atoms with van der Waals surface area (Å²) < 4.78 is 29.4. The van der Waals surface area contributed by atoms with Crippen molar-refractivity contribution in [2.24, 2.45) is 0 Å². The van der Waals surface area contributed by atoms with Crippen LogP contribution in [0, 0.1) is 0 Å². The van der Waals surface area contributed by atoms with Gasteiger partial charge in [-0.2, -0.15) is 5.10 Å². The largest absolute Gasteiger partial charge is 0.449 e. The molecule has 1 aromatic heterocycles. The number of carbonyl (C=O) groups excluding carboxylic acids is 2. The third-order valence-electron chi connectivity index (χ3n) is 3.68. The van der Waals surface area contributed by atoms with Gasteiger partial charge < -0.3 is 10.1 Å². The van der Waals surface area contributed by atoms with Gasteiger partial charge in [0.2, 0.25) is 0 Å². The van der Waals surface area contributed by atoms with Crippen molar-refractivity contribution >= 4 is 27.5 Å². The monoisotopic (exact) mass is 393 g/mol. The Hall–Kier alpha value is -2.68. The fourth-order valence-corrected chi connectivity index (χ4v) is 3.17. The van der Waals surface area contributed by atoms with Crippen LogP contribution in [0.5, 0.6) is 0 Å². The van der Waals surface area contributed by atoms with Crippen LogP contribution in [0.15, 0.2) is 36.5 Å². The molecule has 1 heterocycles. The molecule has 0 saturated heterocycles. The number of sulfone groups is 1. The molecule has 0 aliphatic carbocycles. The Balaban J connectivity index is 1.98. The summed E-state index contributed by atoms with van der Waals surface area (Å²) in [6.45, 7) is 5.33. The molecule has 2 aromatic rings. The Labute approximate surface area is 158 Å². The van der Waals surface area contributed by atoms with Crippen LogP contribution in [0.2, 0.25) is 0 Å². The van der Waals surface area contributed by atoms with Crippen LogP contribution in [0.4, 0.5) is 5.82 Å². The molecule has 1 aromatic carbocycles. The van der Waals surface area contributed by atoms with Crippen molar-refractivity contribution in [1.29, 1.82) is 0 Å². The van der Waals surface area contributed by atoms with Crippen LogP contribution in [-0.4, -0.2) is 42.4 Å². The van der Waals surface area contributed by atoms with Gasteiger partial charge >= 0.3 is 5.97 Å². The lowest BCUT2D eigenvalue weighted by Crippen LogP contribution is -2.31. The summed E-state index contributed by atoms with van der Waals surface area (Å²) in [6, 6.07) is 7.77. The fourth-order valence-electron chi connectivity index (χ4n) is 2.37. The molecule has 1 N–H and O–H groups in total. The molecule has 27 heavy (non-hydrogen) atoms. The van der Waals surface area contributed by atoms with E-state index >= 15 is 0 Å². The quantitative estimate of drug-likeness (QED) is 0.723. The highest BCUT2D eigenvalue weighted by Crippen LogP contribution is 2.14. The maximum Gasteiger partial charge on any atom is 0.338 e. The Kier molecular flexibility index (Phi) is 6.37. The first kappa shape index (κ1) is 20.6. The minimum absolute atomic E-state index is 0.0682. The highest BCUT2D eigenvalue weighted by Gasteiger charge is 2.20. The number of nitrogens with zero attached hydrogens (tertiary/aromatic N) is 2. The number of esters is 1. The van der Waals surface area contributed by atoms with Crippen LogP contribution in [0.3, 0.4) is 0 Å². The number of carbonyl (C=O) groups is 2. The molecule has 1 atom stereocenters. The van der Waals surface area contributed by atoms with Crippen LogP contribution in [0.1, 0.15) is 42.7 Å².